The second-order valence-corrected chi connectivity index (χ2v) is 8.47. The Morgan fingerprint density at radius 1 is 1.07 bits per heavy atom. The fraction of sp³-hybridized carbons (Fsp3) is 0.364. The van der Waals surface area contributed by atoms with Gasteiger partial charge in [0, 0.05) is 13.1 Å². The summed E-state index contributed by atoms with van der Waals surface area (Å²) in [4.78, 5) is 18.0. The molecule has 27 heavy (non-hydrogen) atoms. The fourth-order valence-corrected chi connectivity index (χ4v) is 4.67. The molecular weight excluding hydrogens is 356 g/mol. The lowest BCUT2D eigenvalue weighted by molar-refractivity contribution is -0.114. The van der Waals surface area contributed by atoms with Crippen LogP contribution in [0.3, 0.4) is 0 Å². The van der Waals surface area contributed by atoms with Crippen LogP contribution in [0.2, 0.25) is 0 Å². The Morgan fingerprint density at radius 3 is 2.52 bits per heavy atom. The molecule has 1 aliphatic carbocycles. The van der Waals surface area contributed by atoms with Gasteiger partial charge < -0.3 is 9.53 Å². The first kappa shape index (κ1) is 16.9. The molecular formula is C22H22N2O2S. The van der Waals surface area contributed by atoms with Crippen LogP contribution in [0.5, 0.6) is 5.75 Å². The zero-order valence-corrected chi connectivity index (χ0v) is 16.0. The first-order valence-electron chi connectivity index (χ1n) is 9.57. The molecule has 0 unspecified atom stereocenters. The number of aromatic nitrogens is 1. The Labute approximate surface area is 162 Å². The van der Waals surface area contributed by atoms with Crippen LogP contribution < -0.4 is 4.74 Å². The van der Waals surface area contributed by atoms with Crippen LogP contribution in [0, 0.1) is 0 Å². The van der Waals surface area contributed by atoms with Crippen LogP contribution in [0.15, 0.2) is 48.0 Å². The molecule has 3 aromatic rings. The Bertz CT molecular complexity index is 954. The van der Waals surface area contributed by atoms with Crippen molar-refractivity contribution in [1.82, 2.24) is 9.88 Å². The van der Waals surface area contributed by atoms with Crippen molar-refractivity contribution in [2.45, 2.75) is 37.3 Å². The van der Waals surface area contributed by atoms with E-state index >= 15 is 0 Å². The van der Waals surface area contributed by atoms with E-state index in [1.54, 1.807) is 11.3 Å². The Balaban J connectivity index is 1.22. The Morgan fingerprint density at radius 2 is 1.81 bits per heavy atom. The maximum atomic E-state index is 11.3. The SMILES string of the molecule is O=CC1(N2CCC(Oc3ccc(-c4ccc5scnc5c4)cc3)CC2)CC1. The van der Waals surface area contributed by atoms with Crippen molar-refractivity contribution in [3.63, 3.8) is 0 Å². The molecule has 0 spiro atoms. The average molecular weight is 378 g/mol. The Hall–Kier alpha value is -2.24. The maximum absolute atomic E-state index is 11.3. The molecule has 1 saturated heterocycles. The summed E-state index contributed by atoms with van der Waals surface area (Å²) in [5.74, 6) is 0.920. The molecule has 2 aromatic carbocycles. The molecule has 2 heterocycles. The zero-order chi connectivity index (χ0) is 18.3. The third-order valence-corrected chi connectivity index (χ3v) is 6.68. The molecule has 0 atom stereocenters. The van der Waals surface area contributed by atoms with Crippen LogP contribution in [0.1, 0.15) is 25.7 Å². The van der Waals surface area contributed by atoms with Crippen LogP contribution in [-0.4, -0.2) is 40.9 Å². The highest BCUT2D eigenvalue weighted by Gasteiger charge is 2.48. The van der Waals surface area contributed by atoms with Gasteiger partial charge in [-0.25, -0.2) is 4.98 Å². The van der Waals surface area contributed by atoms with E-state index in [-0.39, 0.29) is 11.6 Å². The highest BCUT2D eigenvalue weighted by atomic mass is 32.1. The monoisotopic (exact) mass is 378 g/mol. The highest BCUT2D eigenvalue weighted by molar-refractivity contribution is 7.16. The second-order valence-electron chi connectivity index (χ2n) is 7.58. The van der Waals surface area contributed by atoms with E-state index in [0.29, 0.717) is 0 Å². The minimum atomic E-state index is -0.134. The van der Waals surface area contributed by atoms with Gasteiger partial charge in [0.05, 0.1) is 21.3 Å². The molecule has 1 aliphatic heterocycles. The molecule has 5 heteroatoms. The number of carbonyl (C=O) groups is 1. The summed E-state index contributed by atoms with van der Waals surface area (Å²) in [6, 6.07) is 14.8. The normalized spacial score (nSPS) is 19.9. The summed E-state index contributed by atoms with van der Waals surface area (Å²) in [6.45, 7) is 1.91. The number of thiazole rings is 1. The number of benzene rings is 2. The van der Waals surface area contributed by atoms with E-state index in [9.17, 15) is 4.79 Å². The molecule has 2 aliphatic rings. The summed E-state index contributed by atoms with van der Waals surface area (Å²) in [6.07, 6.45) is 5.40. The van der Waals surface area contributed by atoms with Gasteiger partial charge in [0.25, 0.3) is 0 Å². The third-order valence-electron chi connectivity index (χ3n) is 5.87. The summed E-state index contributed by atoms with van der Waals surface area (Å²) < 4.78 is 7.41. The predicted molar refractivity (Wildman–Crippen MR) is 108 cm³/mol. The van der Waals surface area contributed by atoms with E-state index in [0.717, 1.165) is 56.3 Å². The summed E-state index contributed by atoms with van der Waals surface area (Å²) >= 11 is 1.67. The van der Waals surface area contributed by atoms with Crippen molar-refractivity contribution in [3.05, 3.63) is 48.0 Å². The first-order chi connectivity index (χ1) is 13.3. The number of ether oxygens (including phenoxy) is 1. The van der Waals surface area contributed by atoms with Gasteiger partial charge in [-0.05, 0) is 61.1 Å². The summed E-state index contributed by atoms with van der Waals surface area (Å²) in [7, 11) is 0. The standard InChI is InChI=1S/C22H22N2O2S/c25-14-22(9-10-22)24-11-7-19(8-12-24)26-18-4-1-16(2-5-18)17-3-6-21-20(13-17)23-15-27-21/h1-6,13-15,19H,7-12H2. The third kappa shape index (κ3) is 3.26. The Kier molecular flexibility index (Phi) is 4.21. The quantitative estimate of drug-likeness (QED) is 0.612. The number of fused-ring (bicyclic) bond motifs is 1. The second kappa shape index (κ2) is 6.73. The van der Waals surface area contributed by atoms with Crippen LogP contribution >= 0.6 is 11.3 Å². The molecule has 0 N–H and O–H groups in total. The number of hydrogen-bond acceptors (Lipinski definition) is 5. The molecule has 0 amide bonds. The average Bonchev–Trinajstić information content (AvgIpc) is 3.38. The highest BCUT2D eigenvalue weighted by Crippen LogP contribution is 2.41. The lowest BCUT2D eigenvalue weighted by Gasteiger charge is -2.35. The number of nitrogens with zero attached hydrogens (tertiary/aromatic N) is 2. The minimum Gasteiger partial charge on any atom is -0.490 e. The lowest BCUT2D eigenvalue weighted by Crippen LogP contribution is -2.46. The van der Waals surface area contributed by atoms with Crippen molar-refractivity contribution in [1.29, 1.82) is 0 Å². The van der Waals surface area contributed by atoms with Gasteiger partial charge in [0.2, 0.25) is 0 Å². The number of piperidine rings is 1. The smallest absolute Gasteiger partial charge is 0.140 e. The predicted octanol–water partition coefficient (Wildman–Crippen LogP) is 4.54. The molecule has 4 nitrogen and oxygen atoms in total. The van der Waals surface area contributed by atoms with Crippen molar-refractivity contribution in [2.75, 3.05) is 13.1 Å². The molecule has 2 fully saturated rings. The van der Waals surface area contributed by atoms with Gasteiger partial charge in [-0.2, -0.15) is 0 Å². The molecule has 1 aromatic heterocycles. The van der Waals surface area contributed by atoms with Crippen molar-refractivity contribution < 1.29 is 9.53 Å². The van der Waals surface area contributed by atoms with Crippen molar-refractivity contribution in [3.8, 4) is 16.9 Å². The number of carbonyl (C=O) groups excluding carboxylic acids is 1. The van der Waals surface area contributed by atoms with Gasteiger partial charge in [-0.1, -0.05) is 18.2 Å². The molecule has 0 radical (unpaired) electrons. The summed E-state index contributed by atoms with van der Waals surface area (Å²) in [5, 5.41) is 0. The fourth-order valence-electron chi connectivity index (χ4n) is 4.01. The number of likely N-dealkylation sites (tertiary alicyclic amines) is 1. The molecule has 138 valence electrons. The van der Waals surface area contributed by atoms with E-state index in [4.69, 9.17) is 4.74 Å². The maximum Gasteiger partial charge on any atom is 0.140 e. The molecule has 5 rings (SSSR count). The summed E-state index contributed by atoms with van der Waals surface area (Å²) in [5.41, 5.74) is 5.15. The van der Waals surface area contributed by atoms with Gasteiger partial charge in [0.1, 0.15) is 18.1 Å². The van der Waals surface area contributed by atoms with Gasteiger partial charge in [-0.15, -0.1) is 11.3 Å². The van der Waals surface area contributed by atoms with E-state index in [1.807, 2.05) is 5.51 Å². The minimum absolute atomic E-state index is 0.134. The van der Waals surface area contributed by atoms with E-state index in [2.05, 4.69) is 52.3 Å². The first-order valence-corrected chi connectivity index (χ1v) is 10.5. The number of rotatable bonds is 5. The van der Waals surface area contributed by atoms with Gasteiger partial charge in [0.15, 0.2) is 0 Å². The van der Waals surface area contributed by atoms with Crippen LogP contribution in [-0.2, 0) is 4.79 Å². The van der Waals surface area contributed by atoms with Crippen LogP contribution in [0.4, 0.5) is 0 Å². The van der Waals surface area contributed by atoms with Crippen LogP contribution in [0.25, 0.3) is 21.3 Å². The van der Waals surface area contributed by atoms with E-state index < -0.39 is 0 Å². The molecule has 1 saturated carbocycles. The lowest BCUT2D eigenvalue weighted by atomic mass is 10.0. The number of hydrogen-bond donors (Lipinski definition) is 0. The van der Waals surface area contributed by atoms with Gasteiger partial charge in [-0.3, -0.25) is 4.90 Å². The van der Waals surface area contributed by atoms with Gasteiger partial charge >= 0.3 is 0 Å². The van der Waals surface area contributed by atoms with E-state index in [1.165, 1.54) is 15.8 Å². The zero-order valence-electron chi connectivity index (χ0n) is 15.1. The topological polar surface area (TPSA) is 42.4 Å². The largest absolute Gasteiger partial charge is 0.490 e. The number of aldehydes is 1. The van der Waals surface area contributed by atoms with Crippen molar-refractivity contribution >= 4 is 27.8 Å². The molecule has 0 bridgehead atoms. The van der Waals surface area contributed by atoms with Crippen molar-refractivity contribution in [2.24, 2.45) is 0 Å².